The molecule has 0 saturated carbocycles. The summed E-state index contributed by atoms with van der Waals surface area (Å²) in [4.78, 5) is 10.5. The first-order valence-corrected chi connectivity index (χ1v) is 8.11. The summed E-state index contributed by atoms with van der Waals surface area (Å²) in [5.41, 5.74) is -2.49. The van der Waals surface area contributed by atoms with Crippen LogP contribution in [-0.2, 0) is 0 Å². The molecule has 1 rings (SSSR count). The van der Waals surface area contributed by atoms with Crippen LogP contribution in [0.5, 0.6) is 5.75 Å². The topological polar surface area (TPSA) is 46.5 Å². The zero-order valence-corrected chi connectivity index (χ0v) is 16.2. The molecule has 0 aromatic heterocycles. The van der Waals surface area contributed by atoms with Gasteiger partial charge in [-0.2, -0.15) is 74.6 Å². The molecule has 0 unspecified atom stereocenters. The molecule has 0 atom stereocenters. The maximum absolute atomic E-state index is 13.6. The zero-order valence-electron chi connectivity index (χ0n) is 16.2. The van der Waals surface area contributed by atoms with E-state index in [2.05, 4.69) is 4.74 Å². The van der Waals surface area contributed by atoms with E-state index in [4.69, 9.17) is 5.11 Å². The molecule has 0 radical (unpaired) electrons. The molecule has 0 heterocycles. The van der Waals surface area contributed by atoms with Crippen LogP contribution < -0.4 is 4.74 Å². The molecule has 1 aromatic carbocycles. The van der Waals surface area contributed by atoms with Crippen molar-refractivity contribution < 1.29 is 98.1 Å². The Kier molecular flexibility index (Phi) is 7.72. The Bertz CT molecular complexity index is 1030. The van der Waals surface area contributed by atoms with Crippen molar-refractivity contribution in [1.82, 2.24) is 0 Å². The zero-order chi connectivity index (χ0) is 30.0. The first-order valence-electron chi connectivity index (χ1n) is 8.11. The molecule has 0 saturated heterocycles. The van der Waals surface area contributed by atoms with Gasteiger partial charge in [0.05, 0.1) is 0 Å². The Balaban J connectivity index is 3.55. The first kappa shape index (κ1) is 32.2. The van der Waals surface area contributed by atoms with Crippen molar-refractivity contribution >= 4 is 5.97 Å². The summed E-state index contributed by atoms with van der Waals surface area (Å²) in [5.74, 6) is -67.1. The summed E-state index contributed by atoms with van der Waals surface area (Å²) < 4.78 is 253. The van der Waals surface area contributed by atoms with Crippen molar-refractivity contribution in [2.24, 2.45) is 0 Å². The maximum atomic E-state index is 13.6. The maximum Gasteiger partial charge on any atom is 0.460 e. The lowest BCUT2D eigenvalue weighted by Crippen LogP contribution is -2.73. The number of ether oxygens (including phenoxy) is 1. The number of carbonyl (C=O) groups is 1. The third-order valence-electron chi connectivity index (χ3n) is 4.23. The number of aromatic carboxylic acids is 1. The van der Waals surface area contributed by atoms with Gasteiger partial charge in [-0.25, -0.2) is 13.6 Å². The predicted molar refractivity (Wildman–Crippen MR) is 74.5 cm³/mol. The van der Waals surface area contributed by atoms with Crippen LogP contribution in [0.4, 0.5) is 83.4 Å². The van der Waals surface area contributed by atoms with Crippen molar-refractivity contribution in [3.63, 3.8) is 0 Å². The van der Waals surface area contributed by atoms with Gasteiger partial charge in [0.25, 0.3) is 0 Å². The molecule has 22 heteroatoms. The Morgan fingerprint density at radius 2 is 0.892 bits per heavy atom. The average Bonchev–Trinajstić information content (AvgIpc) is 2.70. The predicted octanol–water partition coefficient (Wildman–Crippen LogP) is 6.69. The van der Waals surface area contributed by atoms with Crippen LogP contribution in [-0.4, -0.2) is 59.4 Å². The van der Waals surface area contributed by atoms with Crippen LogP contribution in [0, 0.1) is 23.3 Å². The van der Waals surface area contributed by atoms with Gasteiger partial charge in [0.15, 0.2) is 24.0 Å². The fourth-order valence-corrected chi connectivity index (χ4v) is 2.18. The van der Waals surface area contributed by atoms with Gasteiger partial charge in [0.1, 0.15) is 5.56 Å². The van der Waals surface area contributed by atoms with Gasteiger partial charge in [-0.3, -0.25) is 0 Å². The van der Waals surface area contributed by atoms with E-state index in [0.717, 1.165) is 0 Å². The molecule has 1 N–H and O–H groups in total. The number of hydrogen-bond acceptors (Lipinski definition) is 2. The smallest absolute Gasteiger partial charge is 0.460 e. The summed E-state index contributed by atoms with van der Waals surface area (Å²) in [5, 5.41) is 8.38. The van der Waals surface area contributed by atoms with Crippen molar-refractivity contribution in [1.29, 1.82) is 0 Å². The van der Waals surface area contributed by atoms with E-state index >= 15 is 0 Å². The molecule has 0 bridgehead atoms. The van der Waals surface area contributed by atoms with Crippen molar-refractivity contribution in [2.75, 3.05) is 6.61 Å². The van der Waals surface area contributed by atoms with Crippen LogP contribution in [0.3, 0.4) is 0 Å². The van der Waals surface area contributed by atoms with Gasteiger partial charge in [-0.15, -0.1) is 0 Å². The highest BCUT2D eigenvalue weighted by Crippen LogP contribution is 2.62. The Morgan fingerprint density at radius 3 is 1.22 bits per heavy atom. The van der Waals surface area contributed by atoms with Gasteiger partial charge in [-0.05, 0) is 0 Å². The summed E-state index contributed by atoms with van der Waals surface area (Å²) >= 11 is 0. The van der Waals surface area contributed by atoms with E-state index in [0.29, 0.717) is 0 Å². The SMILES string of the molecule is O=C(O)c1c(F)c(F)c(OCC(F)(F)C(F)(F)C(F)(F)C(F)(F)C(F)(F)C(F)(F)C(F)(F)F)c(F)c1F. The fourth-order valence-electron chi connectivity index (χ4n) is 2.18. The van der Waals surface area contributed by atoms with Crippen molar-refractivity contribution in [3.05, 3.63) is 28.8 Å². The minimum Gasteiger partial charge on any atom is -0.481 e. The van der Waals surface area contributed by atoms with E-state index in [1.165, 1.54) is 0 Å². The van der Waals surface area contributed by atoms with Crippen LogP contribution >= 0.6 is 0 Å². The third kappa shape index (κ3) is 4.44. The normalized spacial score (nSPS) is 14.7. The van der Waals surface area contributed by atoms with Crippen LogP contribution in [0.15, 0.2) is 0 Å². The second-order valence-electron chi connectivity index (χ2n) is 6.63. The van der Waals surface area contributed by atoms with Gasteiger partial charge in [-0.1, -0.05) is 0 Å². The first-order chi connectivity index (χ1) is 16.1. The highest BCUT2D eigenvalue weighted by molar-refractivity contribution is 5.88. The van der Waals surface area contributed by atoms with Gasteiger partial charge < -0.3 is 9.84 Å². The van der Waals surface area contributed by atoms with E-state index in [1.807, 2.05) is 0 Å². The quantitative estimate of drug-likeness (QED) is 0.257. The number of alkyl halides is 15. The average molecular weight is 592 g/mol. The highest BCUT2D eigenvalue weighted by atomic mass is 19.4. The molecule has 214 valence electrons. The molecule has 0 fully saturated rings. The Hall–Kier alpha value is -2.84. The molecule has 1 aromatic rings. The van der Waals surface area contributed by atoms with Gasteiger partial charge >= 0.3 is 47.7 Å². The second-order valence-corrected chi connectivity index (χ2v) is 6.63. The lowest BCUT2D eigenvalue weighted by Gasteiger charge is -2.41. The molecular formula is C15H3F19O3. The van der Waals surface area contributed by atoms with Crippen LogP contribution in [0.25, 0.3) is 0 Å². The Labute approximate surface area is 188 Å². The third-order valence-corrected chi connectivity index (χ3v) is 4.23. The number of halogens is 19. The summed E-state index contributed by atoms with van der Waals surface area (Å²) in [6, 6.07) is 0. The minimum atomic E-state index is -8.65. The highest BCUT2D eigenvalue weighted by Gasteiger charge is 2.93. The molecular weight excluding hydrogens is 589 g/mol. The molecule has 0 aliphatic heterocycles. The molecule has 0 amide bonds. The lowest BCUT2D eigenvalue weighted by molar-refractivity contribution is -0.453. The number of rotatable bonds is 9. The Morgan fingerprint density at radius 1 is 0.568 bits per heavy atom. The lowest BCUT2D eigenvalue weighted by atomic mass is 9.91. The largest absolute Gasteiger partial charge is 0.481 e. The van der Waals surface area contributed by atoms with Crippen molar-refractivity contribution in [3.8, 4) is 5.75 Å². The van der Waals surface area contributed by atoms with Gasteiger partial charge in [0, 0.05) is 0 Å². The van der Waals surface area contributed by atoms with Gasteiger partial charge in [0.2, 0.25) is 11.6 Å². The molecule has 0 spiro atoms. The van der Waals surface area contributed by atoms with E-state index in [-0.39, 0.29) is 0 Å². The minimum absolute atomic E-state index is 2.49. The van der Waals surface area contributed by atoms with E-state index in [1.54, 1.807) is 0 Å². The standard InChI is InChI=1S/C15H3F19O3/c16-3-2(8(35)36)4(17)6(19)7(5(3)18)37-1-9(20,21)10(22,23)11(24,25)12(26,27)13(28,29)14(30,31)15(32,33)34/h1H2,(H,35,36). The molecule has 0 aliphatic rings. The van der Waals surface area contributed by atoms with Crippen LogP contribution in [0.2, 0.25) is 0 Å². The molecule has 3 nitrogen and oxygen atoms in total. The summed E-state index contributed by atoms with van der Waals surface area (Å²) in [7, 11) is 0. The fraction of sp³-hybridized carbons (Fsp3) is 0.533. The summed E-state index contributed by atoms with van der Waals surface area (Å²) in [6.07, 6.45) is -7.83. The monoisotopic (exact) mass is 592 g/mol. The van der Waals surface area contributed by atoms with E-state index in [9.17, 15) is 88.2 Å². The van der Waals surface area contributed by atoms with Crippen LogP contribution in [0.1, 0.15) is 10.4 Å². The molecule has 0 aliphatic carbocycles. The molecule has 37 heavy (non-hydrogen) atoms. The summed E-state index contributed by atoms with van der Waals surface area (Å²) in [6.45, 7) is -3.81. The number of benzene rings is 1. The number of carboxylic acids is 1. The number of hydrogen-bond donors (Lipinski definition) is 1. The second kappa shape index (κ2) is 8.88. The van der Waals surface area contributed by atoms with E-state index < -0.39 is 88.9 Å². The van der Waals surface area contributed by atoms with Crippen molar-refractivity contribution in [2.45, 2.75) is 41.7 Å². The number of carboxylic acid groups (broad SMARTS) is 1.